The van der Waals surface area contributed by atoms with Gasteiger partial charge in [0.25, 0.3) is 0 Å². The number of benzene rings is 3. The number of hydrogen-bond acceptors (Lipinski definition) is 4. The molecule has 0 fully saturated rings. The van der Waals surface area contributed by atoms with Crippen molar-refractivity contribution in [2.24, 2.45) is 0 Å². The number of fused-ring (bicyclic) bond motifs is 1. The Hall–Kier alpha value is -3.79. The molecule has 4 rings (SSSR count). The van der Waals surface area contributed by atoms with Gasteiger partial charge in [-0.25, -0.2) is 4.79 Å². The second-order valence-corrected chi connectivity index (χ2v) is 7.01. The third-order valence-electron chi connectivity index (χ3n) is 5.30. The largest absolute Gasteiger partial charge is 0.497 e. The van der Waals surface area contributed by atoms with Crippen molar-refractivity contribution in [2.75, 3.05) is 19.1 Å². The first-order chi connectivity index (χ1) is 14.6. The van der Waals surface area contributed by atoms with Crippen LogP contribution in [0.2, 0.25) is 0 Å². The molecule has 0 bridgehead atoms. The molecule has 1 heterocycles. The van der Waals surface area contributed by atoms with E-state index < -0.39 is 12.0 Å². The first-order valence-corrected chi connectivity index (χ1v) is 9.70. The summed E-state index contributed by atoms with van der Waals surface area (Å²) < 4.78 is 10.4. The SMILES string of the molecule is C=C(C(=O)OC)C1c2ccccc2C=C(c2ccccc2)N1c1ccc(OC)cc1. The molecule has 0 radical (unpaired) electrons. The predicted molar refractivity (Wildman–Crippen MR) is 120 cm³/mol. The first kappa shape index (κ1) is 19.5. The lowest BCUT2D eigenvalue weighted by molar-refractivity contribution is -0.136. The van der Waals surface area contributed by atoms with Gasteiger partial charge >= 0.3 is 5.97 Å². The average molecular weight is 397 g/mol. The summed E-state index contributed by atoms with van der Waals surface area (Å²) in [6.45, 7) is 4.12. The minimum atomic E-state index is -0.428. The van der Waals surface area contributed by atoms with E-state index in [1.807, 2.05) is 60.7 Å². The second kappa shape index (κ2) is 8.29. The van der Waals surface area contributed by atoms with Crippen LogP contribution in [0.15, 0.2) is 91.0 Å². The van der Waals surface area contributed by atoms with E-state index in [4.69, 9.17) is 9.47 Å². The van der Waals surface area contributed by atoms with E-state index in [9.17, 15) is 4.79 Å². The summed E-state index contributed by atoms with van der Waals surface area (Å²) in [5.74, 6) is 0.340. The fraction of sp³-hybridized carbons (Fsp3) is 0.115. The van der Waals surface area contributed by atoms with Crippen LogP contribution in [-0.4, -0.2) is 20.2 Å². The smallest absolute Gasteiger partial charge is 0.335 e. The molecule has 0 amide bonds. The van der Waals surface area contributed by atoms with Crippen molar-refractivity contribution < 1.29 is 14.3 Å². The first-order valence-electron chi connectivity index (χ1n) is 9.70. The normalized spacial score (nSPS) is 15.1. The number of nitrogens with zero attached hydrogens (tertiary/aromatic N) is 1. The molecule has 4 heteroatoms. The van der Waals surface area contributed by atoms with Crippen LogP contribution in [0.3, 0.4) is 0 Å². The summed E-state index contributed by atoms with van der Waals surface area (Å²) in [7, 11) is 3.03. The lowest BCUT2D eigenvalue weighted by Crippen LogP contribution is -2.33. The molecule has 0 spiro atoms. The number of methoxy groups -OCH3 is 2. The zero-order valence-electron chi connectivity index (χ0n) is 17.0. The highest BCUT2D eigenvalue weighted by Gasteiger charge is 2.35. The molecule has 1 aliphatic rings. The van der Waals surface area contributed by atoms with Crippen LogP contribution in [0.5, 0.6) is 5.75 Å². The molecule has 3 aromatic rings. The average Bonchev–Trinajstić information content (AvgIpc) is 2.82. The third-order valence-corrected chi connectivity index (χ3v) is 5.30. The molecule has 0 aromatic heterocycles. The van der Waals surface area contributed by atoms with Crippen molar-refractivity contribution in [2.45, 2.75) is 6.04 Å². The summed E-state index contributed by atoms with van der Waals surface area (Å²) in [6.07, 6.45) is 2.15. The van der Waals surface area contributed by atoms with Gasteiger partial charge in [0.15, 0.2) is 0 Å². The quantitative estimate of drug-likeness (QED) is 0.422. The van der Waals surface area contributed by atoms with Crippen LogP contribution in [0, 0.1) is 0 Å². The van der Waals surface area contributed by atoms with Crippen LogP contribution < -0.4 is 9.64 Å². The van der Waals surface area contributed by atoms with E-state index in [1.165, 1.54) is 7.11 Å². The molecule has 0 N–H and O–H groups in total. The Labute approximate surface area is 176 Å². The van der Waals surface area contributed by atoms with E-state index in [2.05, 4.69) is 35.8 Å². The number of carbonyl (C=O) groups excluding carboxylic acids is 1. The summed E-state index contributed by atoms with van der Waals surface area (Å²) in [4.78, 5) is 14.7. The van der Waals surface area contributed by atoms with E-state index in [-0.39, 0.29) is 0 Å². The van der Waals surface area contributed by atoms with Gasteiger partial charge in [-0.2, -0.15) is 0 Å². The van der Waals surface area contributed by atoms with Crippen LogP contribution in [-0.2, 0) is 9.53 Å². The third kappa shape index (κ3) is 3.48. The van der Waals surface area contributed by atoms with Gasteiger partial charge in [0, 0.05) is 11.4 Å². The standard InChI is InChI=1S/C26H23NO3/c1-18(26(28)30-3)25-23-12-8-7-11-20(23)17-24(19-9-5-4-6-10-19)27(25)21-13-15-22(29-2)16-14-21/h4-17,25H,1H2,2-3H3. The maximum Gasteiger partial charge on any atom is 0.335 e. The molecular weight excluding hydrogens is 374 g/mol. The van der Waals surface area contributed by atoms with Crippen molar-refractivity contribution in [1.82, 2.24) is 0 Å². The highest BCUT2D eigenvalue weighted by molar-refractivity contribution is 5.99. The van der Waals surface area contributed by atoms with Crippen LogP contribution in [0.4, 0.5) is 5.69 Å². The Balaban J connectivity index is 1.96. The zero-order valence-corrected chi connectivity index (χ0v) is 17.0. The Kier molecular flexibility index (Phi) is 5.40. The molecule has 1 aliphatic heterocycles. The van der Waals surface area contributed by atoms with Crippen LogP contribution in [0.1, 0.15) is 22.7 Å². The number of esters is 1. The Morgan fingerprint density at radius 2 is 1.57 bits per heavy atom. The van der Waals surface area contributed by atoms with Crippen molar-refractivity contribution in [1.29, 1.82) is 0 Å². The lowest BCUT2D eigenvalue weighted by atomic mass is 9.87. The maximum absolute atomic E-state index is 12.6. The van der Waals surface area contributed by atoms with E-state index >= 15 is 0 Å². The molecule has 0 aliphatic carbocycles. The molecule has 3 aromatic carbocycles. The molecule has 1 unspecified atom stereocenters. The number of rotatable bonds is 5. The van der Waals surface area contributed by atoms with Gasteiger partial charge in [-0.05, 0) is 47.0 Å². The van der Waals surface area contributed by atoms with Gasteiger partial charge < -0.3 is 14.4 Å². The number of ether oxygens (including phenoxy) is 2. The molecule has 4 nitrogen and oxygen atoms in total. The monoisotopic (exact) mass is 397 g/mol. The second-order valence-electron chi connectivity index (χ2n) is 7.01. The highest BCUT2D eigenvalue weighted by atomic mass is 16.5. The van der Waals surface area contributed by atoms with Crippen molar-refractivity contribution in [3.05, 3.63) is 108 Å². The van der Waals surface area contributed by atoms with Gasteiger partial charge in [-0.15, -0.1) is 0 Å². The highest BCUT2D eigenvalue weighted by Crippen LogP contribution is 2.45. The van der Waals surface area contributed by atoms with Gasteiger partial charge in [0.2, 0.25) is 0 Å². The molecule has 150 valence electrons. The fourth-order valence-electron chi connectivity index (χ4n) is 3.83. The Morgan fingerprint density at radius 1 is 0.900 bits per heavy atom. The molecule has 1 atom stereocenters. The minimum Gasteiger partial charge on any atom is -0.497 e. The molecule has 30 heavy (non-hydrogen) atoms. The number of hydrogen-bond donors (Lipinski definition) is 0. The summed E-state index contributed by atoms with van der Waals surface area (Å²) in [5, 5.41) is 0. The van der Waals surface area contributed by atoms with Gasteiger partial charge in [-0.1, -0.05) is 61.2 Å². The van der Waals surface area contributed by atoms with E-state index in [1.54, 1.807) is 7.11 Å². The van der Waals surface area contributed by atoms with E-state index in [0.29, 0.717) is 5.57 Å². The zero-order chi connectivity index (χ0) is 21.1. The van der Waals surface area contributed by atoms with Gasteiger partial charge in [0.05, 0.1) is 25.8 Å². The van der Waals surface area contributed by atoms with Crippen LogP contribution >= 0.6 is 0 Å². The van der Waals surface area contributed by atoms with Crippen molar-refractivity contribution in [3.8, 4) is 5.75 Å². The van der Waals surface area contributed by atoms with Gasteiger partial charge in [-0.3, -0.25) is 0 Å². The minimum absolute atomic E-state index is 0.377. The molecule has 0 saturated heterocycles. The summed E-state index contributed by atoms with van der Waals surface area (Å²) in [5.41, 5.74) is 5.39. The van der Waals surface area contributed by atoms with Crippen LogP contribution in [0.25, 0.3) is 11.8 Å². The van der Waals surface area contributed by atoms with E-state index in [0.717, 1.165) is 33.8 Å². The summed E-state index contributed by atoms with van der Waals surface area (Å²) >= 11 is 0. The predicted octanol–water partition coefficient (Wildman–Crippen LogP) is 5.48. The van der Waals surface area contributed by atoms with Gasteiger partial charge in [0.1, 0.15) is 5.75 Å². The molecular formula is C26H23NO3. The topological polar surface area (TPSA) is 38.8 Å². The number of anilines is 1. The molecule has 0 saturated carbocycles. The summed E-state index contributed by atoms with van der Waals surface area (Å²) in [6, 6.07) is 25.6. The lowest BCUT2D eigenvalue weighted by Gasteiger charge is -2.40. The fourth-order valence-corrected chi connectivity index (χ4v) is 3.83. The van der Waals surface area contributed by atoms with Crippen molar-refractivity contribution >= 4 is 23.4 Å². The maximum atomic E-state index is 12.6. The Bertz CT molecular complexity index is 1100. The Morgan fingerprint density at radius 3 is 2.23 bits per heavy atom. The van der Waals surface area contributed by atoms with Crippen molar-refractivity contribution in [3.63, 3.8) is 0 Å². The number of carbonyl (C=O) groups is 1.